The molecule has 3 atom stereocenters. The lowest BCUT2D eigenvalue weighted by Gasteiger charge is -2.19. The minimum absolute atomic E-state index is 0.0104. The summed E-state index contributed by atoms with van der Waals surface area (Å²) in [6.07, 6.45) is -1.32. The van der Waals surface area contributed by atoms with Gasteiger partial charge in [0.15, 0.2) is 0 Å². The van der Waals surface area contributed by atoms with Crippen LogP contribution in [0.15, 0.2) is 47.2 Å². The highest BCUT2D eigenvalue weighted by Gasteiger charge is 2.56. The molecule has 31 heavy (non-hydrogen) atoms. The van der Waals surface area contributed by atoms with Gasteiger partial charge in [-0.2, -0.15) is 13.2 Å². The van der Waals surface area contributed by atoms with Crippen molar-refractivity contribution in [1.29, 1.82) is 0 Å². The minimum atomic E-state index is -5.08. The van der Waals surface area contributed by atoms with Crippen LogP contribution >= 0.6 is 0 Å². The van der Waals surface area contributed by atoms with E-state index in [0.717, 1.165) is 18.8 Å². The first kappa shape index (κ1) is 22.3. The lowest BCUT2D eigenvalue weighted by atomic mass is 10.1. The highest BCUT2D eigenvalue weighted by atomic mass is 19.4. The third-order valence-corrected chi connectivity index (χ3v) is 5.25. The Morgan fingerprint density at radius 3 is 2.35 bits per heavy atom. The number of alkyl halides is 3. The van der Waals surface area contributed by atoms with Crippen molar-refractivity contribution in [1.82, 2.24) is 15.2 Å². The second kappa shape index (κ2) is 9.19. The fourth-order valence-electron chi connectivity index (χ4n) is 3.65. The monoisotopic (exact) mass is 439 g/mol. The Morgan fingerprint density at radius 1 is 1.16 bits per heavy atom. The molecule has 1 aliphatic carbocycles. The van der Waals surface area contributed by atoms with Gasteiger partial charge in [0.05, 0.1) is 12.8 Å². The maximum absolute atomic E-state index is 12.3. The van der Waals surface area contributed by atoms with Crippen molar-refractivity contribution in [2.24, 2.45) is 17.8 Å². The molecular formula is C20H20F3N3O5. The van der Waals surface area contributed by atoms with E-state index in [2.05, 4.69) is 10.3 Å². The van der Waals surface area contributed by atoms with E-state index < -0.39 is 12.1 Å². The van der Waals surface area contributed by atoms with Crippen LogP contribution in [0.2, 0.25) is 0 Å². The molecule has 8 nitrogen and oxygen atoms in total. The van der Waals surface area contributed by atoms with Crippen molar-refractivity contribution in [2.75, 3.05) is 13.1 Å². The van der Waals surface area contributed by atoms with Gasteiger partial charge in [0.1, 0.15) is 11.5 Å². The van der Waals surface area contributed by atoms with E-state index in [9.17, 15) is 22.8 Å². The molecule has 1 saturated carbocycles. The number of halogens is 3. The molecule has 11 heteroatoms. The predicted molar refractivity (Wildman–Crippen MR) is 99.5 cm³/mol. The summed E-state index contributed by atoms with van der Waals surface area (Å²) in [5.74, 6) is -0.662. The minimum Gasteiger partial charge on any atom is -0.475 e. The van der Waals surface area contributed by atoms with Crippen LogP contribution < -0.4 is 5.32 Å². The summed E-state index contributed by atoms with van der Waals surface area (Å²) in [5.41, 5.74) is 0.492. The maximum Gasteiger partial charge on any atom is 0.490 e. The average Bonchev–Trinajstić information content (AvgIpc) is 3.15. The van der Waals surface area contributed by atoms with E-state index in [0.29, 0.717) is 36.4 Å². The number of carboxylic acid groups (broad SMARTS) is 1. The summed E-state index contributed by atoms with van der Waals surface area (Å²) in [5, 5.41) is 10.0. The predicted octanol–water partition coefficient (Wildman–Crippen LogP) is 2.33. The first-order chi connectivity index (χ1) is 14.7. The van der Waals surface area contributed by atoms with Gasteiger partial charge in [-0.25, -0.2) is 4.79 Å². The van der Waals surface area contributed by atoms with E-state index in [-0.39, 0.29) is 11.8 Å². The molecule has 166 valence electrons. The van der Waals surface area contributed by atoms with Gasteiger partial charge in [-0.3, -0.25) is 14.6 Å². The summed E-state index contributed by atoms with van der Waals surface area (Å²) in [7, 11) is 0. The second-order valence-corrected chi connectivity index (χ2v) is 7.28. The topological polar surface area (TPSA) is 113 Å². The number of hydrogen-bond donors (Lipinski definition) is 2. The van der Waals surface area contributed by atoms with Crippen LogP contribution in [0.5, 0.6) is 0 Å². The van der Waals surface area contributed by atoms with Crippen molar-refractivity contribution in [3.63, 3.8) is 0 Å². The molecule has 1 aliphatic heterocycles. The summed E-state index contributed by atoms with van der Waals surface area (Å²) in [6, 6.07) is 9.01. The third-order valence-electron chi connectivity index (χ3n) is 5.25. The number of carbonyl (C=O) groups excluding carboxylic acids is 2. The van der Waals surface area contributed by atoms with E-state index >= 15 is 0 Å². The highest BCUT2D eigenvalue weighted by Crippen LogP contribution is 2.53. The molecule has 2 aromatic heterocycles. The average molecular weight is 439 g/mol. The smallest absolute Gasteiger partial charge is 0.475 e. The van der Waals surface area contributed by atoms with E-state index in [1.165, 1.54) is 0 Å². The lowest BCUT2D eigenvalue weighted by molar-refractivity contribution is -0.192. The lowest BCUT2D eigenvalue weighted by Crippen LogP contribution is -2.33. The first-order valence-electron chi connectivity index (χ1n) is 9.46. The number of carboxylic acids is 1. The number of piperidine rings is 1. The number of amides is 2. The highest BCUT2D eigenvalue weighted by molar-refractivity contribution is 5.92. The van der Waals surface area contributed by atoms with Crippen molar-refractivity contribution in [2.45, 2.75) is 19.1 Å². The van der Waals surface area contributed by atoms with Gasteiger partial charge in [-0.15, -0.1) is 0 Å². The molecular weight excluding hydrogens is 419 g/mol. The van der Waals surface area contributed by atoms with Crippen molar-refractivity contribution < 1.29 is 37.1 Å². The Kier molecular flexibility index (Phi) is 6.62. The molecule has 1 saturated heterocycles. The molecule has 2 N–H and O–H groups in total. The Balaban J connectivity index is 0.000000339. The number of nitrogens with zero attached hydrogens (tertiary/aromatic N) is 2. The van der Waals surface area contributed by atoms with Crippen molar-refractivity contribution in [3.05, 3.63) is 54.2 Å². The Bertz CT molecular complexity index is 906. The van der Waals surface area contributed by atoms with Gasteiger partial charge in [0.2, 0.25) is 5.91 Å². The third kappa shape index (κ3) is 5.83. The zero-order valence-corrected chi connectivity index (χ0v) is 16.2. The van der Waals surface area contributed by atoms with E-state index in [4.69, 9.17) is 14.3 Å². The number of rotatable bonds is 5. The van der Waals surface area contributed by atoms with Gasteiger partial charge in [0, 0.05) is 25.7 Å². The molecule has 2 amide bonds. The Labute approximate surface area is 175 Å². The standard InChI is InChI=1S/C18H19N3O3.C2HF3O2/c22-17(20-9-12-4-3-7-24-12)8-13-14-10-21(11-15(13)14)18(23)16-5-1-2-6-19-16;3-2(4,5)1(6)7/h1-7,13-15H,8-11H2,(H,20,22);(H,6,7)/t13?,14-,15+;. The van der Waals surface area contributed by atoms with Gasteiger partial charge in [-0.05, 0) is 42.0 Å². The zero-order valence-electron chi connectivity index (χ0n) is 16.2. The van der Waals surface area contributed by atoms with Crippen LogP contribution in [0.4, 0.5) is 13.2 Å². The quantitative estimate of drug-likeness (QED) is 0.740. The van der Waals surface area contributed by atoms with Gasteiger partial charge in [-0.1, -0.05) is 6.07 Å². The number of aliphatic carboxylic acids is 1. The first-order valence-corrected chi connectivity index (χ1v) is 9.46. The van der Waals surface area contributed by atoms with Crippen LogP contribution in [0.25, 0.3) is 0 Å². The molecule has 4 rings (SSSR count). The van der Waals surface area contributed by atoms with Gasteiger partial charge >= 0.3 is 12.1 Å². The number of likely N-dealkylation sites (tertiary alicyclic amines) is 1. The molecule has 3 heterocycles. The number of furan rings is 1. The summed E-state index contributed by atoms with van der Waals surface area (Å²) in [6.45, 7) is 1.89. The van der Waals surface area contributed by atoms with Crippen LogP contribution in [-0.4, -0.2) is 52.0 Å². The normalized spacial score (nSPS) is 21.5. The number of aromatic nitrogens is 1. The second-order valence-electron chi connectivity index (χ2n) is 7.28. The van der Waals surface area contributed by atoms with E-state index in [1.54, 1.807) is 30.7 Å². The number of pyridine rings is 1. The largest absolute Gasteiger partial charge is 0.490 e. The van der Waals surface area contributed by atoms with Gasteiger partial charge in [0.25, 0.3) is 5.91 Å². The SMILES string of the molecule is O=C(CC1[C@H]2CN(C(=O)c3ccccn3)C[C@@H]12)NCc1ccco1.O=C(O)C(F)(F)F. The summed E-state index contributed by atoms with van der Waals surface area (Å²) in [4.78, 5) is 39.2. The maximum atomic E-state index is 12.3. The molecule has 0 spiro atoms. The Morgan fingerprint density at radius 2 is 1.84 bits per heavy atom. The molecule has 2 aromatic rings. The fraction of sp³-hybridized carbons (Fsp3) is 0.400. The summed E-state index contributed by atoms with van der Waals surface area (Å²) < 4.78 is 36.9. The van der Waals surface area contributed by atoms with Crippen molar-refractivity contribution in [3.8, 4) is 0 Å². The van der Waals surface area contributed by atoms with Crippen LogP contribution in [0.3, 0.4) is 0 Å². The molecule has 0 bridgehead atoms. The fourth-order valence-corrected chi connectivity index (χ4v) is 3.65. The molecule has 1 unspecified atom stereocenters. The number of nitrogens with one attached hydrogen (secondary N) is 1. The van der Waals surface area contributed by atoms with E-state index in [1.807, 2.05) is 17.0 Å². The molecule has 2 aliphatic rings. The van der Waals surface area contributed by atoms with Crippen molar-refractivity contribution >= 4 is 17.8 Å². The van der Waals surface area contributed by atoms with Crippen LogP contribution in [-0.2, 0) is 16.1 Å². The zero-order chi connectivity index (χ0) is 22.6. The summed E-state index contributed by atoms with van der Waals surface area (Å²) >= 11 is 0. The molecule has 0 aromatic carbocycles. The molecule has 0 radical (unpaired) electrons. The van der Waals surface area contributed by atoms with Gasteiger partial charge < -0.3 is 19.7 Å². The number of carbonyl (C=O) groups is 3. The van der Waals surface area contributed by atoms with Crippen LogP contribution in [0, 0.1) is 17.8 Å². The van der Waals surface area contributed by atoms with Crippen LogP contribution in [0.1, 0.15) is 22.7 Å². The number of hydrogen-bond acceptors (Lipinski definition) is 5. The Hall–Kier alpha value is -3.37. The molecule has 2 fully saturated rings. The number of fused-ring (bicyclic) bond motifs is 1.